The minimum atomic E-state index is -1.14. The number of benzene rings is 1. The molecule has 1 atom stereocenters. The zero-order chi connectivity index (χ0) is 22.1. The van der Waals surface area contributed by atoms with Gasteiger partial charge in [-0.05, 0) is 60.7 Å². The van der Waals surface area contributed by atoms with Crippen LogP contribution in [0.5, 0.6) is 11.5 Å². The van der Waals surface area contributed by atoms with Crippen LogP contribution in [0.15, 0.2) is 67.3 Å². The number of hydrogen-bond donors (Lipinski definition) is 2. The average molecular weight is 421 g/mol. The number of methoxy groups -OCH3 is 2. The van der Waals surface area contributed by atoms with Crippen LogP contribution in [0.1, 0.15) is 23.1 Å². The lowest BCUT2D eigenvalue weighted by molar-refractivity contribution is -0.125. The molecule has 3 rings (SSSR count). The summed E-state index contributed by atoms with van der Waals surface area (Å²) < 4.78 is 11.1. The van der Waals surface area contributed by atoms with Gasteiger partial charge in [-0.15, -0.1) is 0 Å². The predicted octanol–water partition coefficient (Wildman–Crippen LogP) is 2.64. The van der Waals surface area contributed by atoms with E-state index >= 15 is 0 Å². The molecule has 0 aliphatic carbocycles. The number of rotatable bonds is 11. The highest BCUT2D eigenvalue weighted by atomic mass is 16.5. The zero-order valence-corrected chi connectivity index (χ0v) is 17.9. The van der Waals surface area contributed by atoms with Crippen molar-refractivity contribution in [3.8, 4) is 11.5 Å². The smallest absolute Gasteiger partial charge is 0.242 e. The monoisotopic (exact) mass is 420 g/mol. The molecule has 0 fully saturated rings. The van der Waals surface area contributed by atoms with Gasteiger partial charge in [-0.2, -0.15) is 0 Å². The van der Waals surface area contributed by atoms with E-state index < -0.39 is 11.4 Å². The van der Waals surface area contributed by atoms with Gasteiger partial charge in [0.15, 0.2) is 11.5 Å². The van der Waals surface area contributed by atoms with Gasteiger partial charge in [-0.1, -0.05) is 12.1 Å². The molecule has 3 N–H and O–H groups in total. The van der Waals surface area contributed by atoms with Crippen LogP contribution in [0.2, 0.25) is 0 Å². The van der Waals surface area contributed by atoms with Crippen molar-refractivity contribution in [1.29, 1.82) is 0 Å². The Balaban J connectivity index is 1.97. The van der Waals surface area contributed by atoms with Crippen LogP contribution in [0, 0.1) is 0 Å². The Bertz CT molecular complexity index is 983. The van der Waals surface area contributed by atoms with Gasteiger partial charge in [0, 0.05) is 36.9 Å². The number of aromatic nitrogens is 2. The highest BCUT2D eigenvalue weighted by molar-refractivity contribution is 5.87. The Morgan fingerprint density at radius 1 is 0.935 bits per heavy atom. The molecule has 0 saturated carbocycles. The maximum atomic E-state index is 13.0. The molecule has 2 heterocycles. The van der Waals surface area contributed by atoms with Crippen molar-refractivity contribution in [1.82, 2.24) is 15.3 Å². The molecule has 0 aliphatic rings. The topological polar surface area (TPSA) is 99.4 Å². The molecular formula is C24H28N4O3. The molecule has 0 spiro atoms. The van der Waals surface area contributed by atoms with Gasteiger partial charge < -0.3 is 15.2 Å². The average Bonchev–Trinajstić information content (AvgIpc) is 2.82. The van der Waals surface area contributed by atoms with Gasteiger partial charge in [0.2, 0.25) is 5.91 Å². The number of nitrogens with zero attached hydrogens (tertiary/aromatic N) is 2. The van der Waals surface area contributed by atoms with Crippen molar-refractivity contribution in [3.05, 3.63) is 83.9 Å². The summed E-state index contributed by atoms with van der Waals surface area (Å²) >= 11 is 0. The van der Waals surface area contributed by atoms with Gasteiger partial charge in [-0.3, -0.25) is 20.1 Å². The quantitative estimate of drug-likeness (QED) is 0.495. The van der Waals surface area contributed by atoms with Crippen molar-refractivity contribution in [2.45, 2.75) is 24.8 Å². The summed E-state index contributed by atoms with van der Waals surface area (Å²) in [5, 5.41) is 3.45. The summed E-state index contributed by atoms with van der Waals surface area (Å²) in [5.41, 5.74) is 7.74. The van der Waals surface area contributed by atoms with Crippen LogP contribution in [0.4, 0.5) is 0 Å². The number of nitrogens with two attached hydrogens (primary N) is 1. The normalized spacial score (nSPS) is 12.7. The first-order valence-corrected chi connectivity index (χ1v) is 10.1. The van der Waals surface area contributed by atoms with E-state index in [1.165, 1.54) is 0 Å². The van der Waals surface area contributed by atoms with E-state index in [0.29, 0.717) is 36.4 Å². The first kappa shape index (κ1) is 22.2. The summed E-state index contributed by atoms with van der Waals surface area (Å²) in [7, 11) is 3.13. The number of primary amides is 1. The van der Waals surface area contributed by atoms with Crippen LogP contribution < -0.4 is 20.5 Å². The third kappa shape index (κ3) is 5.19. The fraction of sp³-hybridized carbons (Fsp3) is 0.292. The van der Waals surface area contributed by atoms with Crippen LogP contribution in [0.3, 0.4) is 0 Å². The maximum absolute atomic E-state index is 13.0. The second kappa shape index (κ2) is 10.5. The zero-order valence-electron chi connectivity index (χ0n) is 17.9. The van der Waals surface area contributed by atoms with E-state index in [2.05, 4.69) is 15.3 Å². The Morgan fingerprint density at radius 3 is 2.10 bits per heavy atom. The minimum absolute atomic E-state index is 0.451. The van der Waals surface area contributed by atoms with Gasteiger partial charge in [0.25, 0.3) is 0 Å². The fourth-order valence-electron chi connectivity index (χ4n) is 3.74. The van der Waals surface area contributed by atoms with E-state index in [4.69, 9.17) is 15.2 Å². The van der Waals surface area contributed by atoms with Crippen molar-refractivity contribution >= 4 is 5.91 Å². The molecule has 1 unspecified atom stereocenters. The van der Waals surface area contributed by atoms with Gasteiger partial charge in [-0.25, -0.2) is 0 Å². The molecular weight excluding hydrogens is 392 g/mol. The molecule has 162 valence electrons. The number of amides is 1. The lowest BCUT2D eigenvalue weighted by atomic mass is 9.82. The standard InChI is InChI=1S/C24H28N4O3/c1-30-21-5-3-4-20(22(21)31-2)24(23(25)29,12-6-18-7-13-26-14-8-18)28-17-11-19-9-15-27-16-10-19/h3-5,7-10,13-16,28H,6,11-12,17H2,1-2H3,(H2,25,29). The number of hydrogen-bond acceptors (Lipinski definition) is 6. The Hall–Kier alpha value is -3.45. The summed E-state index contributed by atoms with van der Waals surface area (Å²) in [6, 6.07) is 13.3. The number of aryl methyl sites for hydroxylation is 1. The van der Waals surface area contributed by atoms with Gasteiger partial charge in [0.05, 0.1) is 14.2 Å². The van der Waals surface area contributed by atoms with Crippen LogP contribution in [-0.4, -0.2) is 36.6 Å². The predicted molar refractivity (Wildman–Crippen MR) is 119 cm³/mol. The van der Waals surface area contributed by atoms with Gasteiger partial charge in [0.1, 0.15) is 5.54 Å². The van der Waals surface area contributed by atoms with Crippen molar-refractivity contribution in [2.24, 2.45) is 5.73 Å². The van der Waals surface area contributed by atoms with Crippen molar-refractivity contribution in [2.75, 3.05) is 20.8 Å². The number of carbonyl (C=O) groups is 1. The Morgan fingerprint density at radius 2 is 1.55 bits per heavy atom. The van der Waals surface area contributed by atoms with Crippen LogP contribution in [-0.2, 0) is 23.2 Å². The van der Waals surface area contributed by atoms with Crippen LogP contribution in [0.25, 0.3) is 0 Å². The maximum Gasteiger partial charge on any atom is 0.242 e. The fourth-order valence-corrected chi connectivity index (χ4v) is 3.74. The molecule has 2 aromatic heterocycles. The van der Waals surface area contributed by atoms with E-state index in [1.54, 1.807) is 45.1 Å². The number of carbonyl (C=O) groups excluding carboxylic acids is 1. The molecule has 0 bridgehead atoms. The molecule has 1 amide bonds. The summed E-state index contributed by atoms with van der Waals surface area (Å²) in [5.74, 6) is 0.572. The Labute approximate surface area is 182 Å². The highest BCUT2D eigenvalue weighted by Crippen LogP contribution is 2.39. The SMILES string of the molecule is COc1cccc(C(CCc2ccncc2)(NCCc2ccncc2)C(N)=O)c1OC. The molecule has 0 radical (unpaired) electrons. The minimum Gasteiger partial charge on any atom is -0.493 e. The lowest BCUT2D eigenvalue weighted by Crippen LogP contribution is -2.53. The number of para-hydroxylation sites is 1. The van der Waals surface area contributed by atoms with E-state index in [9.17, 15) is 4.79 Å². The number of pyridine rings is 2. The first-order valence-electron chi connectivity index (χ1n) is 10.1. The Kier molecular flexibility index (Phi) is 7.56. The molecule has 7 heteroatoms. The van der Waals surface area contributed by atoms with Gasteiger partial charge >= 0.3 is 0 Å². The summed E-state index contributed by atoms with van der Waals surface area (Å²) in [6.45, 7) is 0.545. The lowest BCUT2D eigenvalue weighted by Gasteiger charge is -2.34. The molecule has 31 heavy (non-hydrogen) atoms. The molecule has 0 aliphatic heterocycles. The second-order valence-electron chi connectivity index (χ2n) is 7.20. The van der Waals surface area contributed by atoms with E-state index in [1.807, 2.05) is 36.4 Å². The molecule has 1 aromatic carbocycles. The van der Waals surface area contributed by atoms with Crippen molar-refractivity contribution in [3.63, 3.8) is 0 Å². The second-order valence-corrected chi connectivity index (χ2v) is 7.20. The van der Waals surface area contributed by atoms with E-state index in [0.717, 1.165) is 17.5 Å². The number of nitrogens with one attached hydrogen (secondary N) is 1. The number of ether oxygens (including phenoxy) is 2. The first-order chi connectivity index (χ1) is 15.1. The molecule has 3 aromatic rings. The largest absolute Gasteiger partial charge is 0.493 e. The van der Waals surface area contributed by atoms with Crippen molar-refractivity contribution < 1.29 is 14.3 Å². The third-order valence-corrected chi connectivity index (χ3v) is 5.41. The third-order valence-electron chi connectivity index (χ3n) is 5.41. The van der Waals surface area contributed by atoms with Crippen LogP contribution >= 0.6 is 0 Å². The summed E-state index contributed by atoms with van der Waals surface area (Å²) in [4.78, 5) is 21.1. The van der Waals surface area contributed by atoms with E-state index in [-0.39, 0.29) is 0 Å². The molecule has 7 nitrogen and oxygen atoms in total. The summed E-state index contributed by atoms with van der Waals surface area (Å²) in [6.07, 6.45) is 8.80. The highest BCUT2D eigenvalue weighted by Gasteiger charge is 2.41. The molecule has 0 saturated heterocycles.